The van der Waals surface area contributed by atoms with Crippen LogP contribution in [0.1, 0.15) is 66.4 Å². The van der Waals surface area contributed by atoms with Crippen LogP contribution in [0.25, 0.3) is 0 Å². The number of hydrogen-bond acceptors (Lipinski definition) is 7. The van der Waals surface area contributed by atoms with Gasteiger partial charge in [-0.2, -0.15) is 0 Å². The molecule has 220 valence electrons. The second kappa shape index (κ2) is 13.9. The first kappa shape index (κ1) is 33.7. The highest BCUT2D eigenvalue weighted by molar-refractivity contribution is 7.80. The highest BCUT2D eigenvalue weighted by atomic mass is 32.1. The van der Waals surface area contributed by atoms with Crippen molar-refractivity contribution in [1.82, 2.24) is 0 Å². The van der Waals surface area contributed by atoms with Crippen molar-refractivity contribution >= 4 is 31.4 Å². The van der Waals surface area contributed by atoms with E-state index in [1.807, 2.05) is 51.1 Å². The molecule has 1 fully saturated rings. The Labute approximate surface area is 241 Å². The standard InChI is InChI=1S/C30H48O7SSi/c1-22(35-21-34-20-23-13-11-10-12-14-23)25(37-39(8,9)28(2,3)4)19-24-15-16-26(31)30(33-7,36-24)29(5,6)18-17-27(32)38/h10-14,17-18,22,24-25H,15-16,19-21H2,1-9H3,(H,32,38)/t22-,24+,25-,30-/m1/s1. The molecule has 0 spiro atoms. The summed E-state index contributed by atoms with van der Waals surface area (Å²) >= 11 is 4.79. The number of ether oxygens (including phenoxy) is 4. The van der Waals surface area contributed by atoms with Gasteiger partial charge in [-0.1, -0.05) is 71.0 Å². The number of benzene rings is 1. The van der Waals surface area contributed by atoms with Crippen LogP contribution in [0.4, 0.5) is 0 Å². The van der Waals surface area contributed by atoms with Crippen LogP contribution >= 0.6 is 12.2 Å². The number of hydrogen-bond donors (Lipinski definition) is 1. The van der Waals surface area contributed by atoms with E-state index in [9.17, 15) is 9.90 Å². The van der Waals surface area contributed by atoms with E-state index in [4.69, 9.17) is 35.6 Å². The van der Waals surface area contributed by atoms with Gasteiger partial charge in [0, 0.05) is 25.4 Å². The number of carbonyl (C=O) groups is 1. The van der Waals surface area contributed by atoms with Crippen molar-refractivity contribution in [2.75, 3.05) is 13.9 Å². The van der Waals surface area contributed by atoms with Crippen LogP contribution in [0.5, 0.6) is 0 Å². The van der Waals surface area contributed by atoms with E-state index in [1.165, 1.54) is 13.2 Å². The first-order valence-corrected chi connectivity index (χ1v) is 17.0. The Morgan fingerprint density at radius 2 is 1.87 bits per heavy atom. The van der Waals surface area contributed by atoms with Crippen LogP contribution in [-0.2, 0) is 34.8 Å². The number of ketones is 1. The van der Waals surface area contributed by atoms with Gasteiger partial charge >= 0.3 is 0 Å². The Balaban J connectivity index is 2.21. The quantitative estimate of drug-likeness (QED) is 0.0836. The van der Waals surface area contributed by atoms with Gasteiger partial charge in [-0.15, -0.1) is 0 Å². The number of carbonyl (C=O) groups excluding carboxylic acids is 1. The summed E-state index contributed by atoms with van der Waals surface area (Å²) in [7, 11) is -0.684. The fourth-order valence-corrected chi connectivity index (χ4v) is 5.92. The molecule has 1 heterocycles. The molecular formula is C30H48O7SSi. The van der Waals surface area contributed by atoms with E-state index in [1.54, 1.807) is 6.08 Å². The highest BCUT2D eigenvalue weighted by Gasteiger charge is 2.55. The van der Waals surface area contributed by atoms with E-state index in [0.717, 1.165) is 5.56 Å². The number of aliphatic hydroxyl groups is 1. The molecule has 1 aliphatic rings. The third kappa shape index (κ3) is 9.01. The van der Waals surface area contributed by atoms with Crippen molar-refractivity contribution < 1.29 is 33.3 Å². The summed E-state index contributed by atoms with van der Waals surface area (Å²) in [5.41, 5.74) is 0.200. The van der Waals surface area contributed by atoms with Crippen LogP contribution in [0.2, 0.25) is 18.1 Å². The van der Waals surface area contributed by atoms with Gasteiger partial charge in [0.15, 0.2) is 19.2 Å². The van der Waals surface area contributed by atoms with Crippen LogP contribution in [0.3, 0.4) is 0 Å². The molecule has 4 atom stereocenters. The maximum atomic E-state index is 13.2. The molecule has 0 aromatic heterocycles. The van der Waals surface area contributed by atoms with E-state index >= 15 is 0 Å². The Hall–Kier alpha value is -1.46. The predicted molar refractivity (Wildman–Crippen MR) is 160 cm³/mol. The van der Waals surface area contributed by atoms with E-state index in [0.29, 0.717) is 25.9 Å². The van der Waals surface area contributed by atoms with Gasteiger partial charge in [0.2, 0.25) is 5.79 Å². The van der Waals surface area contributed by atoms with Crippen LogP contribution in [0, 0.1) is 5.41 Å². The molecule has 0 unspecified atom stereocenters. The lowest BCUT2D eigenvalue weighted by Crippen LogP contribution is -2.59. The summed E-state index contributed by atoms with van der Waals surface area (Å²) in [4.78, 5) is 13.2. The zero-order chi connectivity index (χ0) is 29.5. The molecule has 0 aliphatic carbocycles. The van der Waals surface area contributed by atoms with E-state index < -0.39 is 19.5 Å². The molecule has 1 aromatic rings. The minimum Gasteiger partial charge on any atom is -0.499 e. The molecule has 0 bridgehead atoms. The third-order valence-electron chi connectivity index (χ3n) is 7.97. The summed E-state index contributed by atoms with van der Waals surface area (Å²) < 4.78 is 31.1. The molecule has 1 aromatic carbocycles. The normalized spacial score (nSPS) is 22.7. The van der Waals surface area contributed by atoms with Gasteiger partial charge < -0.3 is 28.5 Å². The third-order valence-corrected chi connectivity index (χ3v) is 12.6. The fraction of sp³-hybridized carbons (Fsp3) is 0.667. The SMILES string of the molecule is CO[C@@]1(C(C)(C)C=CC(O)=S)O[C@H](C[C@@H](O[Si](C)(C)C(C)(C)C)[C@@H](C)OCOCc2ccccc2)CCC1=O. The van der Waals surface area contributed by atoms with Crippen molar-refractivity contribution in [1.29, 1.82) is 0 Å². The second-order valence-electron chi connectivity index (χ2n) is 12.4. The molecule has 0 radical (unpaired) electrons. The number of rotatable bonds is 14. The molecule has 1 N–H and O–H groups in total. The van der Waals surface area contributed by atoms with E-state index in [2.05, 4.69) is 33.9 Å². The average Bonchev–Trinajstić information content (AvgIpc) is 2.85. The highest BCUT2D eigenvalue weighted by Crippen LogP contribution is 2.44. The molecule has 1 aliphatic heterocycles. The van der Waals surface area contributed by atoms with Crippen LogP contribution < -0.4 is 0 Å². The average molecular weight is 581 g/mol. The van der Waals surface area contributed by atoms with Crippen molar-refractivity contribution in [3.8, 4) is 0 Å². The number of methoxy groups -OCH3 is 1. The molecular weight excluding hydrogens is 532 g/mol. The Morgan fingerprint density at radius 3 is 2.44 bits per heavy atom. The minimum absolute atomic E-state index is 0.00392. The number of thiocarbonyl (C=S) groups is 1. The van der Waals surface area contributed by atoms with E-state index in [-0.39, 0.29) is 41.0 Å². The van der Waals surface area contributed by atoms with Gasteiger partial charge in [-0.3, -0.25) is 4.79 Å². The molecule has 2 rings (SSSR count). The van der Waals surface area contributed by atoms with Crippen molar-refractivity contribution in [3.63, 3.8) is 0 Å². The lowest BCUT2D eigenvalue weighted by atomic mass is 9.77. The van der Waals surface area contributed by atoms with Crippen LogP contribution in [0.15, 0.2) is 42.5 Å². The van der Waals surface area contributed by atoms with Gasteiger partial charge in [-0.25, -0.2) is 0 Å². The molecule has 0 amide bonds. The largest absolute Gasteiger partial charge is 0.499 e. The molecule has 1 saturated heterocycles. The Kier molecular flexibility index (Phi) is 12.1. The second-order valence-corrected chi connectivity index (χ2v) is 17.6. The van der Waals surface area contributed by atoms with Gasteiger partial charge in [0.05, 0.1) is 24.9 Å². The summed E-state index contributed by atoms with van der Waals surface area (Å²) in [5.74, 6) is -1.65. The summed E-state index contributed by atoms with van der Waals surface area (Å²) in [6.45, 7) is 17.3. The summed E-state index contributed by atoms with van der Waals surface area (Å²) in [5, 5.41) is 9.27. The lowest BCUT2D eigenvalue weighted by Gasteiger charge is -2.48. The lowest BCUT2D eigenvalue weighted by molar-refractivity contribution is -0.285. The van der Waals surface area contributed by atoms with Crippen molar-refractivity contribution in [2.45, 2.75) is 110 Å². The fourth-order valence-electron chi connectivity index (χ4n) is 4.45. The zero-order valence-corrected chi connectivity index (χ0v) is 26.9. The van der Waals surface area contributed by atoms with Gasteiger partial charge in [-0.05, 0) is 55.3 Å². The summed E-state index contributed by atoms with van der Waals surface area (Å²) in [6, 6.07) is 9.97. The zero-order valence-electron chi connectivity index (χ0n) is 25.1. The maximum absolute atomic E-state index is 13.2. The molecule has 39 heavy (non-hydrogen) atoms. The number of aliphatic hydroxyl groups excluding tert-OH is 1. The first-order chi connectivity index (χ1) is 18.0. The van der Waals surface area contributed by atoms with Crippen LogP contribution in [-0.4, -0.2) is 62.3 Å². The van der Waals surface area contributed by atoms with Gasteiger partial charge in [0.25, 0.3) is 0 Å². The smallest absolute Gasteiger partial charge is 0.237 e. The molecule has 9 heteroatoms. The summed E-state index contributed by atoms with van der Waals surface area (Å²) in [6.07, 6.45) is 3.60. The van der Waals surface area contributed by atoms with Gasteiger partial charge in [0.1, 0.15) is 6.79 Å². The first-order valence-electron chi connectivity index (χ1n) is 13.6. The molecule has 0 saturated carbocycles. The predicted octanol–water partition coefficient (Wildman–Crippen LogP) is 6.90. The molecule has 7 nitrogen and oxygen atoms in total. The topological polar surface area (TPSA) is 83.5 Å². The Bertz CT molecular complexity index is 973. The minimum atomic E-state index is -2.16. The number of Topliss-reactive ketones (excluding diaryl/α,β-unsaturated/α-hetero) is 1. The van der Waals surface area contributed by atoms with Crippen molar-refractivity contribution in [2.24, 2.45) is 5.41 Å². The van der Waals surface area contributed by atoms with Crippen molar-refractivity contribution in [3.05, 3.63) is 48.0 Å². The Morgan fingerprint density at radius 1 is 1.23 bits per heavy atom. The maximum Gasteiger partial charge on any atom is 0.237 e. The monoisotopic (exact) mass is 580 g/mol.